The van der Waals surface area contributed by atoms with Gasteiger partial charge in [0.2, 0.25) is 0 Å². The molecule has 0 aliphatic carbocycles. The van der Waals surface area contributed by atoms with Crippen molar-refractivity contribution in [2.45, 2.75) is 26.5 Å². The highest BCUT2D eigenvalue weighted by Crippen LogP contribution is 2.38. The molecule has 1 unspecified atom stereocenters. The summed E-state index contributed by atoms with van der Waals surface area (Å²) >= 11 is 4.91. The van der Waals surface area contributed by atoms with Gasteiger partial charge in [-0.15, -0.1) is 0 Å². The van der Waals surface area contributed by atoms with Crippen LogP contribution in [0, 0.1) is 0 Å². The lowest BCUT2D eigenvalue weighted by atomic mass is 9.96. The molecule has 234 valence electrons. The third kappa shape index (κ3) is 5.98. The Hall–Kier alpha value is -4.67. The number of hydrogen-bond acceptors (Lipinski definition) is 8. The molecule has 2 heterocycles. The monoisotopic (exact) mass is 698 g/mol. The SMILES string of the molecule is CCOC(=O)C1=C(C)N=c2sc(=Cc3cc(Br)c(OCc4cccc5ccccc45)c(OC)c3)c(=O)n2C1c1ccc(OC)cc1. The summed E-state index contributed by atoms with van der Waals surface area (Å²) in [6, 6.07) is 24.6. The molecular weight excluding hydrogens is 668 g/mol. The summed E-state index contributed by atoms with van der Waals surface area (Å²) in [7, 11) is 3.17. The maximum atomic E-state index is 14.0. The molecular formula is C36H31BrN2O6S. The molecule has 1 aliphatic heterocycles. The molecule has 0 spiro atoms. The first-order valence-electron chi connectivity index (χ1n) is 14.6. The van der Waals surface area contributed by atoms with Crippen LogP contribution in [0.2, 0.25) is 0 Å². The molecule has 6 rings (SSSR count). The maximum absolute atomic E-state index is 14.0. The van der Waals surface area contributed by atoms with Gasteiger partial charge < -0.3 is 18.9 Å². The summed E-state index contributed by atoms with van der Waals surface area (Å²) in [6.07, 6.45) is 1.79. The van der Waals surface area contributed by atoms with E-state index in [-0.39, 0.29) is 12.2 Å². The number of ether oxygens (including phenoxy) is 4. The molecule has 0 N–H and O–H groups in total. The first kappa shape index (κ1) is 31.3. The second kappa shape index (κ2) is 13.4. The lowest BCUT2D eigenvalue weighted by Gasteiger charge is -2.24. The number of allylic oxidation sites excluding steroid dienone is 1. The molecule has 0 bridgehead atoms. The zero-order valence-electron chi connectivity index (χ0n) is 25.7. The van der Waals surface area contributed by atoms with Crippen molar-refractivity contribution in [2.75, 3.05) is 20.8 Å². The second-order valence-corrected chi connectivity index (χ2v) is 12.4. The van der Waals surface area contributed by atoms with E-state index >= 15 is 0 Å². The number of halogens is 1. The van der Waals surface area contributed by atoms with E-state index in [9.17, 15) is 9.59 Å². The lowest BCUT2D eigenvalue weighted by molar-refractivity contribution is -0.139. The van der Waals surface area contributed by atoms with Gasteiger partial charge in [0.15, 0.2) is 16.3 Å². The summed E-state index contributed by atoms with van der Waals surface area (Å²) in [5.41, 5.74) is 3.08. The Balaban J connectivity index is 1.39. The van der Waals surface area contributed by atoms with E-state index in [0.29, 0.717) is 48.9 Å². The van der Waals surface area contributed by atoms with Crippen LogP contribution in [0.4, 0.5) is 0 Å². The van der Waals surface area contributed by atoms with Gasteiger partial charge in [-0.3, -0.25) is 9.36 Å². The summed E-state index contributed by atoms with van der Waals surface area (Å²) < 4.78 is 25.4. The van der Waals surface area contributed by atoms with Gasteiger partial charge in [-0.1, -0.05) is 65.9 Å². The third-order valence-corrected chi connectivity index (χ3v) is 9.32. The van der Waals surface area contributed by atoms with Crippen molar-refractivity contribution < 1.29 is 23.7 Å². The molecule has 0 fully saturated rings. The molecule has 10 heteroatoms. The van der Waals surface area contributed by atoms with Gasteiger partial charge in [0.1, 0.15) is 12.4 Å². The van der Waals surface area contributed by atoms with Crippen molar-refractivity contribution in [2.24, 2.45) is 4.99 Å². The minimum atomic E-state index is -0.713. The number of thiazole rings is 1. The molecule has 46 heavy (non-hydrogen) atoms. The standard InChI is InChI=1S/C36H31BrN2O6S/c1-5-44-35(41)31-21(2)38-36-39(32(31)24-13-15-26(42-3)16-14-24)34(40)30(46-36)19-22-17-28(37)33(29(18-22)43-4)45-20-25-11-8-10-23-9-6-7-12-27(23)25/h6-19,32H,5,20H2,1-4H3. The van der Waals surface area contributed by atoms with Crippen molar-refractivity contribution in [3.8, 4) is 17.2 Å². The zero-order chi connectivity index (χ0) is 32.4. The number of hydrogen-bond donors (Lipinski definition) is 0. The van der Waals surface area contributed by atoms with Crippen molar-refractivity contribution in [1.82, 2.24) is 4.57 Å². The van der Waals surface area contributed by atoms with Crippen molar-refractivity contribution in [3.63, 3.8) is 0 Å². The molecule has 0 saturated heterocycles. The zero-order valence-corrected chi connectivity index (χ0v) is 28.1. The highest BCUT2D eigenvalue weighted by Gasteiger charge is 2.33. The Kier molecular flexibility index (Phi) is 9.10. The smallest absolute Gasteiger partial charge is 0.338 e. The molecule has 8 nitrogen and oxygen atoms in total. The Morgan fingerprint density at radius 2 is 1.78 bits per heavy atom. The first-order valence-corrected chi connectivity index (χ1v) is 16.2. The van der Waals surface area contributed by atoms with E-state index in [1.54, 1.807) is 50.8 Å². The van der Waals surface area contributed by atoms with Gasteiger partial charge in [0.05, 0.1) is 47.1 Å². The quantitative estimate of drug-likeness (QED) is 0.168. The average molecular weight is 700 g/mol. The van der Waals surface area contributed by atoms with Gasteiger partial charge in [-0.2, -0.15) is 0 Å². The van der Waals surface area contributed by atoms with Gasteiger partial charge in [0.25, 0.3) is 5.56 Å². The summed E-state index contributed by atoms with van der Waals surface area (Å²) in [4.78, 5) is 32.4. The van der Waals surface area contributed by atoms with Crippen LogP contribution in [-0.2, 0) is 16.1 Å². The largest absolute Gasteiger partial charge is 0.497 e. The highest BCUT2D eigenvalue weighted by atomic mass is 79.9. The number of esters is 1. The normalized spacial score (nSPS) is 14.5. The highest BCUT2D eigenvalue weighted by molar-refractivity contribution is 9.10. The number of rotatable bonds is 9. The van der Waals surface area contributed by atoms with E-state index in [2.05, 4.69) is 39.1 Å². The van der Waals surface area contributed by atoms with E-state index < -0.39 is 12.0 Å². The first-order chi connectivity index (χ1) is 22.3. The Morgan fingerprint density at radius 1 is 1.02 bits per heavy atom. The van der Waals surface area contributed by atoms with Crippen molar-refractivity contribution in [1.29, 1.82) is 0 Å². The van der Waals surface area contributed by atoms with Crippen LogP contribution in [-0.4, -0.2) is 31.4 Å². The number of carbonyl (C=O) groups is 1. The predicted octanol–water partition coefficient (Wildman–Crippen LogP) is 6.31. The molecule has 0 radical (unpaired) electrons. The Labute approximate surface area is 278 Å². The van der Waals surface area contributed by atoms with Crippen LogP contribution in [0.3, 0.4) is 0 Å². The molecule has 1 aromatic heterocycles. The Bertz CT molecular complexity index is 2160. The molecule has 1 atom stereocenters. The summed E-state index contributed by atoms with van der Waals surface area (Å²) in [6.45, 7) is 4.06. The van der Waals surface area contributed by atoms with Crippen molar-refractivity contribution >= 4 is 50.1 Å². The van der Waals surface area contributed by atoms with Crippen molar-refractivity contribution in [3.05, 3.63) is 131 Å². The topological polar surface area (TPSA) is 88.4 Å². The second-order valence-electron chi connectivity index (χ2n) is 10.5. The maximum Gasteiger partial charge on any atom is 0.338 e. The van der Waals surface area contributed by atoms with Gasteiger partial charge in [0, 0.05) is 0 Å². The fourth-order valence-electron chi connectivity index (χ4n) is 5.58. The van der Waals surface area contributed by atoms with E-state index in [0.717, 1.165) is 27.5 Å². The van der Waals surface area contributed by atoms with Crippen LogP contribution in [0.5, 0.6) is 17.2 Å². The minimum absolute atomic E-state index is 0.202. The fourth-order valence-corrected chi connectivity index (χ4v) is 7.20. The predicted molar refractivity (Wildman–Crippen MR) is 182 cm³/mol. The minimum Gasteiger partial charge on any atom is -0.497 e. The molecule has 1 aliphatic rings. The molecule has 0 amide bonds. The summed E-state index contributed by atoms with van der Waals surface area (Å²) in [5.74, 6) is 1.23. The van der Waals surface area contributed by atoms with Crippen LogP contribution in [0.1, 0.15) is 36.6 Å². The van der Waals surface area contributed by atoms with E-state index in [1.165, 1.54) is 11.3 Å². The van der Waals surface area contributed by atoms with Gasteiger partial charge >= 0.3 is 5.97 Å². The molecule has 5 aromatic rings. The number of benzene rings is 4. The number of fused-ring (bicyclic) bond motifs is 2. The lowest BCUT2D eigenvalue weighted by Crippen LogP contribution is -2.39. The summed E-state index contributed by atoms with van der Waals surface area (Å²) in [5, 5.41) is 2.27. The van der Waals surface area contributed by atoms with Gasteiger partial charge in [-0.05, 0) is 87.6 Å². The number of methoxy groups -OCH3 is 2. The van der Waals surface area contributed by atoms with Gasteiger partial charge in [-0.25, -0.2) is 9.79 Å². The van der Waals surface area contributed by atoms with E-state index in [4.69, 9.17) is 18.9 Å². The number of nitrogens with zero attached hydrogens (tertiary/aromatic N) is 2. The van der Waals surface area contributed by atoms with E-state index in [1.807, 2.05) is 48.5 Å². The Morgan fingerprint density at radius 3 is 2.52 bits per heavy atom. The number of aromatic nitrogens is 1. The third-order valence-electron chi connectivity index (χ3n) is 7.75. The van der Waals surface area contributed by atoms with Crippen LogP contribution >= 0.6 is 27.3 Å². The molecule has 4 aromatic carbocycles. The van der Waals surface area contributed by atoms with Crippen LogP contribution < -0.4 is 29.1 Å². The molecule has 0 saturated carbocycles. The van der Waals surface area contributed by atoms with Crippen LogP contribution in [0.25, 0.3) is 16.8 Å². The average Bonchev–Trinajstić information content (AvgIpc) is 3.36. The number of carbonyl (C=O) groups excluding carboxylic acids is 1. The fraction of sp³-hybridized carbons (Fsp3) is 0.194. The van der Waals surface area contributed by atoms with Crippen LogP contribution in [0.15, 0.2) is 104 Å².